The molecule has 5 nitrogen and oxygen atoms in total. The Labute approximate surface area is 158 Å². The van der Waals surface area contributed by atoms with Gasteiger partial charge in [0.1, 0.15) is 11.3 Å². The molecule has 2 atom stereocenters. The van der Waals surface area contributed by atoms with Gasteiger partial charge in [-0.05, 0) is 40.8 Å². The number of carbonyl (C=O) groups is 2. The first-order chi connectivity index (χ1) is 12.8. The van der Waals surface area contributed by atoms with E-state index in [4.69, 9.17) is 9.47 Å². The van der Waals surface area contributed by atoms with Crippen molar-refractivity contribution < 1.29 is 24.2 Å². The number of benzene rings is 2. The van der Waals surface area contributed by atoms with Gasteiger partial charge in [0.25, 0.3) is 0 Å². The standard InChI is InChI=1S/C22H24O5/c1-12(2)9-18-21(24)19(22(25)27-18)20(23)13(3)14-5-6-16-11-17(26-4)8-7-15(16)10-14/h5-8,10-13,18,24H,9H2,1-4H3. The molecule has 142 valence electrons. The molecule has 2 unspecified atom stereocenters. The van der Waals surface area contributed by atoms with E-state index < -0.39 is 23.8 Å². The lowest BCUT2D eigenvalue weighted by Gasteiger charge is -2.12. The Morgan fingerprint density at radius 2 is 1.81 bits per heavy atom. The van der Waals surface area contributed by atoms with Crippen LogP contribution in [0.3, 0.4) is 0 Å². The Balaban J connectivity index is 1.89. The third-order valence-electron chi connectivity index (χ3n) is 4.91. The second kappa shape index (κ2) is 7.43. The molecule has 0 spiro atoms. The van der Waals surface area contributed by atoms with Crippen molar-refractivity contribution in [1.29, 1.82) is 0 Å². The first kappa shape index (κ1) is 19.0. The van der Waals surface area contributed by atoms with Crippen LogP contribution in [0, 0.1) is 5.92 Å². The first-order valence-electron chi connectivity index (χ1n) is 9.07. The van der Waals surface area contributed by atoms with E-state index >= 15 is 0 Å². The first-order valence-corrected chi connectivity index (χ1v) is 9.07. The zero-order chi connectivity index (χ0) is 19.7. The molecule has 0 fully saturated rings. The number of fused-ring (bicyclic) bond motifs is 1. The number of aliphatic hydroxyl groups excluding tert-OH is 1. The number of cyclic esters (lactones) is 1. The van der Waals surface area contributed by atoms with Gasteiger partial charge < -0.3 is 14.6 Å². The van der Waals surface area contributed by atoms with E-state index in [-0.39, 0.29) is 17.3 Å². The van der Waals surface area contributed by atoms with Gasteiger partial charge in [0.2, 0.25) is 0 Å². The van der Waals surface area contributed by atoms with Gasteiger partial charge in [-0.3, -0.25) is 4.79 Å². The van der Waals surface area contributed by atoms with Crippen molar-refractivity contribution in [3.63, 3.8) is 0 Å². The van der Waals surface area contributed by atoms with Gasteiger partial charge in [0.05, 0.1) is 7.11 Å². The summed E-state index contributed by atoms with van der Waals surface area (Å²) >= 11 is 0. The molecule has 0 aliphatic carbocycles. The number of hydrogen-bond acceptors (Lipinski definition) is 5. The molecule has 0 radical (unpaired) electrons. The van der Waals surface area contributed by atoms with E-state index in [0.29, 0.717) is 6.42 Å². The van der Waals surface area contributed by atoms with Crippen LogP contribution < -0.4 is 4.74 Å². The Morgan fingerprint density at radius 1 is 1.15 bits per heavy atom. The highest BCUT2D eigenvalue weighted by Crippen LogP contribution is 2.32. The number of rotatable bonds is 6. The lowest BCUT2D eigenvalue weighted by atomic mass is 9.90. The van der Waals surface area contributed by atoms with E-state index in [2.05, 4.69) is 0 Å². The molecule has 0 saturated carbocycles. The fraction of sp³-hybridized carbons (Fsp3) is 0.364. The SMILES string of the molecule is COc1ccc2cc(C(C)C(=O)C3=C(O)C(CC(C)C)OC3=O)ccc2c1. The molecule has 1 aliphatic heterocycles. The highest BCUT2D eigenvalue weighted by molar-refractivity contribution is 6.21. The third-order valence-corrected chi connectivity index (χ3v) is 4.91. The molecule has 0 aromatic heterocycles. The van der Waals surface area contributed by atoms with E-state index in [0.717, 1.165) is 22.1 Å². The van der Waals surface area contributed by atoms with Crippen LogP contribution >= 0.6 is 0 Å². The van der Waals surface area contributed by atoms with Crippen LogP contribution in [0.2, 0.25) is 0 Å². The summed E-state index contributed by atoms with van der Waals surface area (Å²) in [5, 5.41) is 12.3. The molecule has 5 heteroatoms. The van der Waals surface area contributed by atoms with Crippen LogP contribution in [0.15, 0.2) is 47.7 Å². The van der Waals surface area contributed by atoms with Crippen molar-refractivity contribution in [2.24, 2.45) is 5.92 Å². The minimum absolute atomic E-state index is 0.219. The summed E-state index contributed by atoms with van der Waals surface area (Å²) in [6, 6.07) is 11.4. The number of Topliss-reactive ketones (excluding diaryl/α,β-unsaturated/α-hetero) is 1. The van der Waals surface area contributed by atoms with Gasteiger partial charge in [-0.2, -0.15) is 0 Å². The van der Waals surface area contributed by atoms with Gasteiger partial charge in [-0.1, -0.05) is 45.0 Å². The highest BCUT2D eigenvalue weighted by Gasteiger charge is 2.40. The van der Waals surface area contributed by atoms with Crippen LogP contribution in [-0.2, 0) is 14.3 Å². The molecule has 2 aromatic carbocycles. The minimum atomic E-state index is -0.736. The maximum atomic E-state index is 12.9. The molecule has 1 aliphatic rings. The van der Waals surface area contributed by atoms with E-state index in [9.17, 15) is 14.7 Å². The highest BCUT2D eigenvalue weighted by atomic mass is 16.6. The summed E-state index contributed by atoms with van der Waals surface area (Å²) in [5.41, 5.74) is 0.557. The lowest BCUT2D eigenvalue weighted by molar-refractivity contribution is -0.141. The summed E-state index contributed by atoms with van der Waals surface area (Å²) in [5.74, 6) is -0.971. The largest absolute Gasteiger partial charge is 0.507 e. The van der Waals surface area contributed by atoms with Crippen LogP contribution in [0.1, 0.15) is 38.7 Å². The van der Waals surface area contributed by atoms with Crippen molar-refractivity contribution in [2.45, 2.75) is 39.2 Å². The summed E-state index contributed by atoms with van der Waals surface area (Å²) in [4.78, 5) is 25.1. The zero-order valence-electron chi connectivity index (χ0n) is 16.0. The maximum Gasteiger partial charge on any atom is 0.346 e. The molecule has 0 saturated heterocycles. The summed E-state index contributed by atoms with van der Waals surface area (Å²) in [6.07, 6.45) is -0.242. The van der Waals surface area contributed by atoms with E-state index in [1.54, 1.807) is 14.0 Å². The van der Waals surface area contributed by atoms with Gasteiger partial charge in [-0.15, -0.1) is 0 Å². The third kappa shape index (κ3) is 3.68. The molecule has 0 amide bonds. The molecular weight excluding hydrogens is 344 g/mol. The van der Waals surface area contributed by atoms with E-state index in [1.165, 1.54) is 0 Å². The predicted octanol–water partition coefficient (Wildman–Crippen LogP) is 4.30. The topological polar surface area (TPSA) is 72.8 Å². The van der Waals surface area contributed by atoms with Crippen LogP contribution in [-0.4, -0.2) is 30.1 Å². The number of carbonyl (C=O) groups excluding carboxylic acids is 2. The number of aliphatic hydroxyl groups is 1. The van der Waals surface area contributed by atoms with Gasteiger partial charge >= 0.3 is 5.97 Å². The molecular formula is C22H24O5. The van der Waals surface area contributed by atoms with E-state index in [1.807, 2.05) is 50.2 Å². The zero-order valence-corrected chi connectivity index (χ0v) is 16.0. The molecule has 3 rings (SSSR count). The smallest absolute Gasteiger partial charge is 0.346 e. The Kier molecular flexibility index (Phi) is 5.22. The maximum absolute atomic E-state index is 12.9. The van der Waals surface area contributed by atoms with Gasteiger partial charge in [-0.25, -0.2) is 4.79 Å². The minimum Gasteiger partial charge on any atom is -0.507 e. The molecule has 2 aromatic rings. The fourth-order valence-electron chi connectivity index (χ4n) is 3.33. The molecule has 0 bridgehead atoms. The van der Waals surface area contributed by atoms with Gasteiger partial charge in [0.15, 0.2) is 17.6 Å². The number of methoxy groups -OCH3 is 1. The number of ether oxygens (including phenoxy) is 2. The molecule has 1 N–H and O–H groups in total. The van der Waals surface area contributed by atoms with Crippen LogP contribution in [0.5, 0.6) is 5.75 Å². The van der Waals surface area contributed by atoms with Crippen molar-refractivity contribution in [3.05, 3.63) is 53.3 Å². The number of esters is 1. The summed E-state index contributed by atoms with van der Waals surface area (Å²) in [6.45, 7) is 5.66. The summed E-state index contributed by atoms with van der Waals surface area (Å²) in [7, 11) is 1.61. The lowest BCUT2D eigenvalue weighted by Crippen LogP contribution is -2.17. The van der Waals surface area contributed by atoms with Crippen LogP contribution in [0.4, 0.5) is 0 Å². The predicted molar refractivity (Wildman–Crippen MR) is 103 cm³/mol. The molecule has 1 heterocycles. The monoisotopic (exact) mass is 368 g/mol. The van der Waals surface area contributed by atoms with Crippen molar-refractivity contribution in [1.82, 2.24) is 0 Å². The van der Waals surface area contributed by atoms with Crippen molar-refractivity contribution in [2.75, 3.05) is 7.11 Å². The fourth-order valence-corrected chi connectivity index (χ4v) is 3.33. The average molecular weight is 368 g/mol. The number of ketones is 1. The second-order valence-electron chi connectivity index (χ2n) is 7.34. The van der Waals surface area contributed by atoms with Gasteiger partial charge in [0, 0.05) is 5.92 Å². The Hall–Kier alpha value is -2.82. The van der Waals surface area contributed by atoms with Crippen molar-refractivity contribution in [3.8, 4) is 5.75 Å². The quantitative estimate of drug-likeness (QED) is 0.608. The summed E-state index contributed by atoms with van der Waals surface area (Å²) < 4.78 is 10.4. The number of hydrogen-bond donors (Lipinski definition) is 1. The normalized spacial score (nSPS) is 18.1. The van der Waals surface area contributed by atoms with Crippen LogP contribution in [0.25, 0.3) is 10.8 Å². The Bertz CT molecular complexity index is 925. The second-order valence-corrected chi connectivity index (χ2v) is 7.34. The Morgan fingerprint density at radius 3 is 2.48 bits per heavy atom. The average Bonchev–Trinajstić information content (AvgIpc) is 2.92. The van der Waals surface area contributed by atoms with Crippen molar-refractivity contribution >= 4 is 22.5 Å². The molecule has 27 heavy (non-hydrogen) atoms.